The molecule has 3 heterocycles. The molecule has 5 rings (SSSR count). The van der Waals surface area contributed by atoms with E-state index in [9.17, 15) is 9.59 Å². The van der Waals surface area contributed by atoms with Gasteiger partial charge >= 0.3 is 12.1 Å². The maximum atomic E-state index is 13.0. The standard InChI is InChI=1S/C28H30BrN3O7.C2H6/c1-27(2,3)39-26(34)32-14-17(13-19(32)25(33)35-6)36-24-21(15-8-7-9-16(29)12-15)30-18-10-11-20-23(22(18)31-24)38-28(4,5)37-20;1-2/h7-12,17,19H,13-14H2,1-6H3;1-2H3/t17-,19?;/m1./s1. The predicted molar refractivity (Wildman–Crippen MR) is 157 cm³/mol. The number of hydrogen-bond acceptors (Lipinski definition) is 9. The van der Waals surface area contributed by atoms with E-state index in [0.717, 1.165) is 10.0 Å². The number of fused-ring (bicyclic) bond motifs is 3. The number of halogens is 1. The van der Waals surface area contributed by atoms with E-state index in [1.165, 1.54) is 12.0 Å². The number of likely N-dealkylation sites (tertiary alicyclic amines) is 1. The minimum atomic E-state index is -0.862. The molecule has 2 aromatic carbocycles. The van der Waals surface area contributed by atoms with E-state index < -0.39 is 35.6 Å². The molecule has 10 nitrogen and oxygen atoms in total. The highest BCUT2D eigenvalue weighted by molar-refractivity contribution is 9.10. The Labute approximate surface area is 248 Å². The van der Waals surface area contributed by atoms with E-state index in [0.29, 0.717) is 28.2 Å². The van der Waals surface area contributed by atoms with Crippen LogP contribution in [0.2, 0.25) is 0 Å². The fourth-order valence-electron chi connectivity index (χ4n) is 4.60. The van der Waals surface area contributed by atoms with Gasteiger partial charge in [0.1, 0.15) is 29.0 Å². The monoisotopic (exact) mass is 629 g/mol. The average molecular weight is 631 g/mol. The van der Waals surface area contributed by atoms with Gasteiger partial charge in [0.05, 0.1) is 19.2 Å². The molecule has 1 amide bonds. The van der Waals surface area contributed by atoms with Crippen LogP contribution in [0.3, 0.4) is 0 Å². The number of benzene rings is 2. The second kappa shape index (κ2) is 11.7. The maximum absolute atomic E-state index is 13.0. The molecule has 0 aliphatic carbocycles. The quantitative estimate of drug-likeness (QED) is 0.298. The van der Waals surface area contributed by atoms with E-state index >= 15 is 0 Å². The normalized spacial score (nSPS) is 18.9. The summed E-state index contributed by atoms with van der Waals surface area (Å²) in [7, 11) is 1.29. The van der Waals surface area contributed by atoms with Gasteiger partial charge in [0.15, 0.2) is 11.5 Å². The largest absolute Gasteiger partial charge is 0.471 e. The van der Waals surface area contributed by atoms with E-state index in [1.807, 2.05) is 64.1 Å². The summed E-state index contributed by atoms with van der Waals surface area (Å²) in [5.41, 5.74) is 1.64. The Morgan fingerprint density at radius 1 is 1.10 bits per heavy atom. The van der Waals surface area contributed by atoms with Gasteiger partial charge in [-0.15, -0.1) is 0 Å². The molecule has 41 heavy (non-hydrogen) atoms. The van der Waals surface area contributed by atoms with Crippen molar-refractivity contribution in [2.75, 3.05) is 13.7 Å². The number of aromatic nitrogens is 2. The van der Waals surface area contributed by atoms with Gasteiger partial charge in [-0.05, 0) is 45.0 Å². The molecule has 2 atom stereocenters. The second-order valence-corrected chi connectivity index (χ2v) is 11.8. The number of hydrogen-bond donors (Lipinski definition) is 0. The molecule has 1 fully saturated rings. The molecule has 0 radical (unpaired) electrons. The fraction of sp³-hybridized carbons (Fsp3) is 0.467. The highest BCUT2D eigenvalue weighted by Crippen LogP contribution is 2.45. The summed E-state index contributed by atoms with van der Waals surface area (Å²) in [5.74, 6) is -0.123. The summed E-state index contributed by atoms with van der Waals surface area (Å²) in [4.78, 5) is 36.6. The van der Waals surface area contributed by atoms with Crippen LogP contribution in [0.25, 0.3) is 22.3 Å². The number of methoxy groups -OCH3 is 1. The Kier molecular flexibility index (Phi) is 8.67. The summed E-state index contributed by atoms with van der Waals surface area (Å²) in [6.07, 6.45) is -1.00. The lowest BCUT2D eigenvalue weighted by Gasteiger charge is -2.27. The lowest BCUT2D eigenvalue weighted by molar-refractivity contribution is -0.145. The number of rotatable bonds is 4. The zero-order chi connectivity index (χ0) is 30.1. The van der Waals surface area contributed by atoms with Gasteiger partial charge in [0.25, 0.3) is 0 Å². The van der Waals surface area contributed by atoms with Crippen LogP contribution >= 0.6 is 15.9 Å². The van der Waals surface area contributed by atoms with Crippen molar-refractivity contribution in [2.45, 2.75) is 78.4 Å². The summed E-state index contributed by atoms with van der Waals surface area (Å²) in [6, 6.07) is 10.4. The Morgan fingerprint density at radius 2 is 1.83 bits per heavy atom. The Bertz CT molecular complexity index is 1450. The molecule has 0 spiro atoms. The van der Waals surface area contributed by atoms with Gasteiger partial charge in [0.2, 0.25) is 11.7 Å². The van der Waals surface area contributed by atoms with Gasteiger partial charge in [-0.25, -0.2) is 19.6 Å². The fourth-order valence-corrected chi connectivity index (χ4v) is 5.00. The number of esters is 1. The van der Waals surface area contributed by atoms with Crippen molar-refractivity contribution in [2.24, 2.45) is 0 Å². The summed E-state index contributed by atoms with van der Waals surface area (Å²) in [5, 5.41) is 0. The lowest BCUT2D eigenvalue weighted by atomic mass is 10.1. The van der Waals surface area contributed by atoms with Crippen molar-refractivity contribution in [3.05, 3.63) is 40.9 Å². The molecule has 2 aliphatic rings. The van der Waals surface area contributed by atoms with Crippen molar-refractivity contribution >= 4 is 39.0 Å². The van der Waals surface area contributed by atoms with Crippen LogP contribution in [0.15, 0.2) is 40.9 Å². The number of amides is 1. The van der Waals surface area contributed by atoms with Crippen molar-refractivity contribution in [3.63, 3.8) is 0 Å². The predicted octanol–water partition coefficient (Wildman–Crippen LogP) is 6.52. The molecular weight excluding hydrogens is 594 g/mol. The van der Waals surface area contributed by atoms with Crippen LogP contribution in [-0.4, -0.2) is 64.1 Å². The van der Waals surface area contributed by atoms with E-state index in [1.54, 1.807) is 20.8 Å². The minimum Gasteiger partial charge on any atom is -0.471 e. The second-order valence-electron chi connectivity index (χ2n) is 10.9. The van der Waals surface area contributed by atoms with Crippen LogP contribution < -0.4 is 14.2 Å². The SMILES string of the molecule is CC.COC(=O)C1C[C@@H](Oc2nc3c4c(ccc3nc2-c2cccc(Br)c2)OC(C)(C)O4)CN1C(=O)OC(C)(C)C. The maximum Gasteiger partial charge on any atom is 0.411 e. The van der Waals surface area contributed by atoms with Gasteiger partial charge < -0.3 is 23.7 Å². The van der Waals surface area contributed by atoms with Crippen molar-refractivity contribution in [1.29, 1.82) is 0 Å². The van der Waals surface area contributed by atoms with Gasteiger partial charge in [-0.3, -0.25) is 4.90 Å². The number of ether oxygens (including phenoxy) is 5. The smallest absolute Gasteiger partial charge is 0.411 e. The molecule has 220 valence electrons. The first-order chi connectivity index (χ1) is 19.3. The third-order valence-corrected chi connectivity index (χ3v) is 6.66. The third-order valence-electron chi connectivity index (χ3n) is 6.17. The van der Waals surface area contributed by atoms with E-state index in [-0.39, 0.29) is 18.8 Å². The molecule has 0 N–H and O–H groups in total. The molecule has 1 saturated heterocycles. The van der Waals surface area contributed by atoms with E-state index in [2.05, 4.69) is 15.9 Å². The molecule has 2 aliphatic heterocycles. The van der Waals surface area contributed by atoms with Crippen LogP contribution in [0, 0.1) is 0 Å². The lowest BCUT2D eigenvalue weighted by Crippen LogP contribution is -2.44. The topological polar surface area (TPSA) is 109 Å². The zero-order valence-electron chi connectivity index (χ0n) is 24.6. The Balaban J connectivity index is 0.00000189. The molecular formula is C30H36BrN3O7. The molecule has 0 saturated carbocycles. The van der Waals surface area contributed by atoms with Crippen LogP contribution in [0.5, 0.6) is 17.4 Å². The number of nitrogens with zero attached hydrogens (tertiary/aromatic N) is 3. The first-order valence-corrected chi connectivity index (χ1v) is 14.4. The van der Waals surface area contributed by atoms with Crippen LogP contribution in [0.4, 0.5) is 4.79 Å². The van der Waals surface area contributed by atoms with Gasteiger partial charge in [-0.2, -0.15) is 0 Å². The summed E-state index contributed by atoms with van der Waals surface area (Å²) < 4.78 is 29.7. The zero-order valence-corrected chi connectivity index (χ0v) is 26.2. The Hall–Kier alpha value is -3.60. The molecule has 11 heteroatoms. The highest BCUT2D eigenvalue weighted by Gasteiger charge is 2.44. The molecule has 1 aromatic heterocycles. The molecule has 0 bridgehead atoms. The highest BCUT2D eigenvalue weighted by atomic mass is 79.9. The molecule has 3 aromatic rings. The first-order valence-electron chi connectivity index (χ1n) is 13.6. The van der Waals surface area contributed by atoms with Gasteiger partial charge in [0, 0.05) is 30.3 Å². The van der Waals surface area contributed by atoms with Crippen LogP contribution in [-0.2, 0) is 14.3 Å². The molecule has 1 unspecified atom stereocenters. The number of carbonyl (C=O) groups is 2. The number of carbonyl (C=O) groups excluding carboxylic acids is 2. The average Bonchev–Trinajstić information content (AvgIpc) is 3.48. The van der Waals surface area contributed by atoms with Crippen molar-refractivity contribution in [3.8, 4) is 28.6 Å². The van der Waals surface area contributed by atoms with Gasteiger partial charge in [-0.1, -0.05) is 41.9 Å². The minimum absolute atomic E-state index is 0.103. The summed E-state index contributed by atoms with van der Waals surface area (Å²) >= 11 is 3.52. The Morgan fingerprint density at radius 3 is 2.49 bits per heavy atom. The summed E-state index contributed by atoms with van der Waals surface area (Å²) in [6.45, 7) is 13.0. The third kappa shape index (κ3) is 6.66. The first kappa shape index (κ1) is 30.4. The van der Waals surface area contributed by atoms with Crippen molar-refractivity contribution < 1.29 is 33.3 Å². The van der Waals surface area contributed by atoms with Crippen LogP contribution in [0.1, 0.15) is 54.9 Å². The van der Waals surface area contributed by atoms with E-state index in [4.69, 9.17) is 33.7 Å². The van der Waals surface area contributed by atoms with Crippen molar-refractivity contribution in [1.82, 2.24) is 14.9 Å².